The molecule has 0 aromatic carbocycles. The smallest absolute Gasteiger partial charge is 0.311 e. The summed E-state index contributed by atoms with van der Waals surface area (Å²) in [6.45, 7) is 11.3. The van der Waals surface area contributed by atoms with Gasteiger partial charge in [0.05, 0.1) is 50.9 Å². The fourth-order valence-corrected chi connectivity index (χ4v) is 2.15. The van der Waals surface area contributed by atoms with E-state index in [4.69, 9.17) is 4.74 Å². The molecule has 0 bridgehead atoms. The molecule has 0 unspecified atom stereocenters. The van der Waals surface area contributed by atoms with Crippen molar-refractivity contribution < 1.29 is 31.0 Å². The maximum atomic E-state index is 11.4. The first-order chi connectivity index (χ1) is 8.64. The Morgan fingerprint density at radius 2 is 1.89 bits per heavy atom. The number of isothiocyanates is 1. The Morgan fingerprint density at radius 3 is 2.37 bits per heavy atom. The number of carbonyl (C=O) groups excluding carboxylic acids is 1. The molecule has 0 aliphatic carbocycles. The van der Waals surface area contributed by atoms with E-state index in [0.29, 0.717) is 13.0 Å². The van der Waals surface area contributed by atoms with Crippen LogP contribution >= 0.6 is 12.2 Å². The molecule has 4 nitrogen and oxygen atoms in total. The van der Waals surface area contributed by atoms with Crippen LogP contribution in [0.25, 0.3) is 0 Å². The Kier molecular flexibility index (Phi) is 14.1. The van der Waals surface area contributed by atoms with Gasteiger partial charge in [0.25, 0.3) is 0 Å². The lowest BCUT2D eigenvalue weighted by Gasteiger charge is -2.36. The zero-order valence-corrected chi connectivity index (χ0v) is 14.6. The van der Waals surface area contributed by atoms with Crippen molar-refractivity contribution in [3.8, 4) is 0 Å². The van der Waals surface area contributed by atoms with Gasteiger partial charge < -0.3 is 26.2 Å². The van der Waals surface area contributed by atoms with Gasteiger partial charge in [0.1, 0.15) is 0 Å². The van der Waals surface area contributed by atoms with Crippen molar-refractivity contribution in [2.75, 3.05) is 39.3 Å². The number of rotatable bonds is 10. The molecule has 19 heavy (non-hydrogen) atoms. The highest BCUT2D eigenvalue weighted by atomic mass is 79.9. The third kappa shape index (κ3) is 9.27. The lowest BCUT2D eigenvalue weighted by Crippen LogP contribution is -3.00. The average Bonchev–Trinajstić information content (AvgIpc) is 2.39. The van der Waals surface area contributed by atoms with Gasteiger partial charge in [-0.25, -0.2) is 4.99 Å². The van der Waals surface area contributed by atoms with Crippen LogP contribution in [0.2, 0.25) is 0 Å². The zero-order chi connectivity index (χ0) is 13.9. The number of carbonyl (C=O) groups is 1. The predicted octanol–water partition coefficient (Wildman–Crippen LogP) is -0.707. The highest BCUT2D eigenvalue weighted by Gasteiger charge is 2.23. The fourth-order valence-electron chi connectivity index (χ4n) is 2.06. The molecule has 0 N–H and O–H groups in total. The first-order valence-corrected chi connectivity index (χ1v) is 7.09. The van der Waals surface area contributed by atoms with Crippen molar-refractivity contribution in [1.82, 2.24) is 0 Å². The summed E-state index contributed by atoms with van der Waals surface area (Å²) >= 11 is 4.55. The molecular formula is C13H25BrN2O2S. The van der Waals surface area contributed by atoms with Crippen LogP contribution in [0.4, 0.5) is 0 Å². The molecule has 0 spiro atoms. The van der Waals surface area contributed by atoms with E-state index in [1.807, 2.05) is 6.92 Å². The fraction of sp³-hybridized carbons (Fsp3) is 0.846. The second-order valence-corrected chi connectivity index (χ2v) is 4.49. The van der Waals surface area contributed by atoms with Gasteiger partial charge in [-0.05, 0) is 33.0 Å². The minimum atomic E-state index is -0.0983. The monoisotopic (exact) mass is 352 g/mol. The molecule has 6 heteroatoms. The van der Waals surface area contributed by atoms with Crippen molar-refractivity contribution in [3.63, 3.8) is 0 Å². The average molecular weight is 353 g/mol. The summed E-state index contributed by atoms with van der Waals surface area (Å²) in [4.78, 5) is 15.4. The lowest BCUT2D eigenvalue weighted by atomic mass is 10.2. The van der Waals surface area contributed by atoms with E-state index in [1.54, 1.807) is 0 Å². The van der Waals surface area contributed by atoms with Gasteiger partial charge in [-0.3, -0.25) is 4.79 Å². The number of esters is 1. The summed E-state index contributed by atoms with van der Waals surface area (Å²) in [5.74, 6) is -0.0983. The first kappa shape index (κ1) is 21.0. The molecule has 0 atom stereocenters. The van der Waals surface area contributed by atoms with E-state index < -0.39 is 0 Å². The summed E-state index contributed by atoms with van der Waals surface area (Å²) < 4.78 is 5.91. The van der Waals surface area contributed by atoms with Crippen LogP contribution in [0.5, 0.6) is 0 Å². The van der Waals surface area contributed by atoms with E-state index >= 15 is 0 Å². The number of ether oxygens (including phenoxy) is 1. The molecule has 0 amide bonds. The number of nitrogens with zero attached hydrogens (tertiary/aromatic N) is 2. The van der Waals surface area contributed by atoms with Gasteiger partial charge in [-0.2, -0.15) is 0 Å². The molecule has 0 rings (SSSR count). The maximum absolute atomic E-state index is 11.4. The molecule has 0 saturated heterocycles. The van der Waals surface area contributed by atoms with E-state index in [-0.39, 0.29) is 23.0 Å². The molecule has 0 saturated carbocycles. The quantitative estimate of drug-likeness (QED) is 0.171. The summed E-state index contributed by atoms with van der Waals surface area (Å²) in [5.41, 5.74) is 0. The Balaban J connectivity index is 0. The highest BCUT2D eigenvalue weighted by molar-refractivity contribution is 7.78. The van der Waals surface area contributed by atoms with Gasteiger partial charge in [0, 0.05) is 6.42 Å². The number of aliphatic imine (C=N–C) groups is 1. The van der Waals surface area contributed by atoms with Crippen LogP contribution in [0, 0.1) is 0 Å². The third-order valence-electron chi connectivity index (χ3n) is 3.40. The summed E-state index contributed by atoms with van der Waals surface area (Å²) in [7, 11) is 0. The van der Waals surface area contributed by atoms with E-state index in [2.05, 4.69) is 36.2 Å². The first-order valence-electron chi connectivity index (χ1n) is 6.68. The Hall–Kier alpha value is -0.290. The zero-order valence-electron chi connectivity index (χ0n) is 12.2. The molecule has 0 aromatic rings. The van der Waals surface area contributed by atoms with Crippen molar-refractivity contribution in [2.45, 2.75) is 33.6 Å². The van der Waals surface area contributed by atoms with E-state index in [1.165, 1.54) is 0 Å². The van der Waals surface area contributed by atoms with Crippen LogP contribution in [0.15, 0.2) is 4.99 Å². The minimum absolute atomic E-state index is 0. The van der Waals surface area contributed by atoms with Crippen molar-refractivity contribution in [3.05, 3.63) is 0 Å². The number of thiocarbonyl (C=S) groups is 1. The Labute approximate surface area is 132 Å². The highest BCUT2D eigenvalue weighted by Crippen LogP contribution is 2.10. The Bertz CT molecular complexity index is 290. The van der Waals surface area contributed by atoms with Gasteiger partial charge >= 0.3 is 5.97 Å². The maximum Gasteiger partial charge on any atom is 0.311 e. The van der Waals surface area contributed by atoms with Crippen LogP contribution in [-0.2, 0) is 9.53 Å². The second kappa shape index (κ2) is 12.7. The summed E-state index contributed by atoms with van der Waals surface area (Å²) in [5, 5.41) is 2.38. The number of hydrogen-bond acceptors (Lipinski definition) is 4. The second-order valence-electron chi connectivity index (χ2n) is 4.30. The molecule has 112 valence electrons. The molecule has 0 aromatic heterocycles. The van der Waals surface area contributed by atoms with E-state index in [9.17, 15) is 4.79 Å². The van der Waals surface area contributed by atoms with Crippen LogP contribution in [0.3, 0.4) is 0 Å². The van der Waals surface area contributed by atoms with E-state index in [0.717, 1.165) is 43.6 Å². The van der Waals surface area contributed by atoms with Crippen LogP contribution in [0.1, 0.15) is 33.6 Å². The van der Waals surface area contributed by atoms with Gasteiger partial charge in [-0.1, -0.05) is 0 Å². The molecular weight excluding hydrogens is 328 g/mol. The van der Waals surface area contributed by atoms with Crippen molar-refractivity contribution >= 4 is 23.3 Å². The standard InChI is InChI=1S/C13H25N2O2S.BrH/c1-4-15(5-2,10-7-9-14-12-18)11-8-13(16)17-6-3;/h4-11H2,1-3H3;1H/q+1;/p-1. The molecule has 0 aliphatic heterocycles. The topological polar surface area (TPSA) is 38.7 Å². The summed E-state index contributed by atoms with van der Waals surface area (Å²) in [6, 6.07) is 0. The van der Waals surface area contributed by atoms with Gasteiger partial charge in [0.2, 0.25) is 0 Å². The normalized spacial score (nSPS) is 10.3. The van der Waals surface area contributed by atoms with Crippen molar-refractivity contribution in [1.29, 1.82) is 0 Å². The van der Waals surface area contributed by atoms with Crippen LogP contribution < -0.4 is 17.0 Å². The SMILES string of the molecule is CCOC(=O)CC[N+](CC)(CC)CCCN=C=S.[Br-]. The number of quaternary nitrogens is 1. The van der Waals surface area contributed by atoms with Gasteiger partial charge in [0.15, 0.2) is 0 Å². The molecule has 0 radical (unpaired) electrons. The lowest BCUT2D eigenvalue weighted by molar-refractivity contribution is -0.924. The molecule has 0 aliphatic rings. The molecule has 0 fully saturated rings. The predicted molar refractivity (Wildman–Crippen MR) is 76.8 cm³/mol. The Morgan fingerprint density at radius 1 is 1.26 bits per heavy atom. The number of hydrogen-bond donors (Lipinski definition) is 0. The summed E-state index contributed by atoms with van der Waals surface area (Å²) in [6.07, 6.45) is 1.47. The molecule has 0 heterocycles. The van der Waals surface area contributed by atoms with Crippen molar-refractivity contribution in [2.24, 2.45) is 4.99 Å². The number of halogens is 1. The van der Waals surface area contributed by atoms with Gasteiger partial charge in [-0.15, -0.1) is 0 Å². The van der Waals surface area contributed by atoms with Crippen LogP contribution in [-0.4, -0.2) is 54.9 Å². The largest absolute Gasteiger partial charge is 1.00 e. The minimum Gasteiger partial charge on any atom is -1.00 e. The third-order valence-corrected chi connectivity index (χ3v) is 3.53.